The number of aromatic nitrogens is 2. The highest BCUT2D eigenvalue weighted by Crippen LogP contribution is 2.19. The Morgan fingerprint density at radius 3 is 2.62 bits per heavy atom. The van der Waals surface area contributed by atoms with Gasteiger partial charge >= 0.3 is 5.97 Å². The van der Waals surface area contributed by atoms with E-state index in [4.69, 9.17) is 4.74 Å². The number of amides is 1. The number of rotatable bonds is 4. The van der Waals surface area contributed by atoms with Crippen molar-refractivity contribution in [2.45, 2.75) is 6.92 Å². The lowest BCUT2D eigenvalue weighted by molar-refractivity contribution is -0.114. The highest BCUT2D eigenvalue weighted by Gasteiger charge is 2.12. The minimum atomic E-state index is -0.517. The van der Waals surface area contributed by atoms with Crippen LogP contribution in [0.3, 0.4) is 0 Å². The van der Waals surface area contributed by atoms with Gasteiger partial charge in [0.1, 0.15) is 5.75 Å². The van der Waals surface area contributed by atoms with Crippen LogP contribution in [-0.2, 0) is 4.79 Å². The van der Waals surface area contributed by atoms with E-state index in [0.29, 0.717) is 17.0 Å². The number of ether oxygens (including phenoxy) is 1. The van der Waals surface area contributed by atoms with Crippen LogP contribution in [-0.4, -0.2) is 21.7 Å². The Bertz CT molecular complexity index is 872. The van der Waals surface area contributed by atoms with E-state index < -0.39 is 5.97 Å². The Labute approximate surface area is 138 Å². The maximum Gasteiger partial charge on any atom is 0.346 e. The number of nitrogens with zero attached hydrogens (tertiary/aromatic N) is 2. The van der Waals surface area contributed by atoms with Gasteiger partial charge in [-0.3, -0.25) is 4.79 Å². The number of hydrogen-bond acceptors (Lipinski definition) is 4. The molecule has 6 nitrogen and oxygen atoms in total. The van der Waals surface area contributed by atoms with Crippen molar-refractivity contribution in [2.24, 2.45) is 0 Å². The molecule has 0 spiro atoms. The van der Waals surface area contributed by atoms with Gasteiger partial charge in [0.2, 0.25) is 5.91 Å². The molecule has 0 saturated heterocycles. The Hall–Kier alpha value is -3.41. The largest absolute Gasteiger partial charge is 0.423 e. The van der Waals surface area contributed by atoms with Crippen LogP contribution in [0.15, 0.2) is 67.0 Å². The van der Waals surface area contributed by atoms with E-state index >= 15 is 0 Å². The Kier molecular flexibility index (Phi) is 4.38. The lowest BCUT2D eigenvalue weighted by atomic mass is 10.3. The van der Waals surface area contributed by atoms with E-state index in [2.05, 4.69) is 10.4 Å². The molecule has 6 heteroatoms. The first-order valence-corrected chi connectivity index (χ1v) is 7.32. The van der Waals surface area contributed by atoms with E-state index in [0.717, 1.165) is 5.69 Å². The van der Waals surface area contributed by atoms with Crippen molar-refractivity contribution < 1.29 is 14.3 Å². The standard InChI is InChI=1S/C18H15N3O3/c1-13(22)20-15-6-5-9-17(10-15)24-18(23)14-11-19-21(12-14)16-7-3-2-4-8-16/h2-12H,1H3,(H,20,22). The topological polar surface area (TPSA) is 73.2 Å². The molecule has 0 atom stereocenters. The summed E-state index contributed by atoms with van der Waals surface area (Å²) in [6, 6.07) is 16.1. The van der Waals surface area contributed by atoms with Crippen molar-refractivity contribution >= 4 is 17.6 Å². The predicted molar refractivity (Wildman–Crippen MR) is 89.3 cm³/mol. The first kappa shape index (κ1) is 15.5. The zero-order chi connectivity index (χ0) is 16.9. The van der Waals surface area contributed by atoms with E-state index in [1.54, 1.807) is 35.1 Å². The quantitative estimate of drug-likeness (QED) is 0.592. The third kappa shape index (κ3) is 3.67. The minimum Gasteiger partial charge on any atom is -0.423 e. The number of nitrogens with one attached hydrogen (secondary N) is 1. The Balaban J connectivity index is 1.74. The van der Waals surface area contributed by atoms with Gasteiger partial charge in [-0.05, 0) is 24.3 Å². The number of carbonyl (C=O) groups is 2. The molecule has 3 aromatic rings. The molecule has 0 fully saturated rings. The van der Waals surface area contributed by atoms with Crippen LogP contribution in [0, 0.1) is 0 Å². The van der Waals surface area contributed by atoms with Gasteiger partial charge in [0.25, 0.3) is 0 Å². The van der Waals surface area contributed by atoms with Crippen LogP contribution in [0.5, 0.6) is 5.75 Å². The van der Waals surface area contributed by atoms with Crippen LogP contribution in [0.1, 0.15) is 17.3 Å². The number of anilines is 1. The number of para-hydroxylation sites is 1. The van der Waals surface area contributed by atoms with Crippen LogP contribution in [0.2, 0.25) is 0 Å². The molecule has 3 rings (SSSR count). The molecule has 1 heterocycles. The van der Waals surface area contributed by atoms with Gasteiger partial charge in [-0.1, -0.05) is 24.3 Å². The summed E-state index contributed by atoms with van der Waals surface area (Å²) >= 11 is 0. The van der Waals surface area contributed by atoms with Crippen molar-refractivity contribution in [3.8, 4) is 11.4 Å². The molecule has 0 aliphatic rings. The normalized spacial score (nSPS) is 10.2. The third-order valence-corrected chi connectivity index (χ3v) is 3.20. The molecule has 0 aliphatic heterocycles. The van der Waals surface area contributed by atoms with Gasteiger partial charge in [-0.25, -0.2) is 9.48 Å². The fourth-order valence-corrected chi connectivity index (χ4v) is 2.16. The molecule has 1 aromatic heterocycles. The molecule has 24 heavy (non-hydrogen) atoms. The monoisotopic (exact) mass is 321 g/mol. The average Bonchev–Trinajstić information content (AvgIpc) is 3.05. The second kappa shape index (κ2) is 6.78. The van der Waals surface area contributed by atoms with E-state index in [1.165, 1.54) is 13.1 Å². The molecule has 0 bridgehead atoms. The summed E-state index contributed by atoms with van der Waals surface area (Å²) < 4.78 is 6.93. The molecule has 120 valence electrons. The molecule has 2 aromatic carbocycles. The lowest BCUT2D eigenvalue weighted by Gasteiger charge is -2.06. The number of esters is 1. The summed E-state index contributed by atoms with van der Waals surface area (Å²) in [4.78, 5) is 23.3. The first-order chi connectivity index (χ1) is 11.6. The summed E-state index contributed by atoms with van der Waals surface area (Å²) in [6.07, 6.45) is 3.06. The van der Waals surface area contributed by atoms with Gasteiger partial charge in [0.05, 0.1) is 17.4 Å². The second-order valence-corrected chi connectivity index (χ2v) is 5.11. The first-order valence-electron chi connectivity index (χ1n) is 7.32. The van der Waals surface area contributed by atoms with Crippen molar-refractivity contribution in [1.29, 1.82) is 0 Å². The zero-order valence-electron chi connectivity index (χ0n) is 13.0. The SMILES string of the molecule is CC(=O)Nc1cccc(OC(=O)c2cnn(-c3ccccc3)c2)c1. The highest BCUT2D eigenvalue weighted by molar-refractivity contribution is 5.91. The fraction of sp³-hybridized carbons (Fsp3) is 0.0556. The lowest BCUT2D eigenvalue weighted by Crippen LogP contribution is -2.09. The summed E-state index contributed by atoms with van der Waals surface area (Å²) in [5, 5.41) is 6.80. The predicted octanol–water partition coefficient (Wildman–Crippen LogP) is 3.05. The van der Waals surface area contributed by atoms with Crippen molar-refractivity contribution in [3.63, 3.8) is 0 Å². The number of carbonyl (C=O) groups excluding carboxylic acids is 2. The molecule has 0 unspecified atom stereocenters. The highest BCUT2D eigenvalue weighted by atomic mass is 16.5. The van der Waals surface area contributed by atoms with Crippen LogP contribution in [0.4, 0.5) is 5.69 Å². The van der Waals surface area contributed by atoms with E-state index in [1.807, 2.05) is 30.3 Å². The van der Waals surface area contributed by atoms with E-state index in [-0.39, 0.29) is 5.91 Å². The molecule has 0 radical (unpaired) electrons. The van der Waals surface area contributed by atoms with E-state index in [9.17, 15) is 9.59 Å². The van der Waals surface area contributed by atoms with Crippen molar-refractivity contribution in [3.05, 3.63) is 72.6 Å². The number of benzene rings is 2. The van der Waals surface area contributed by atoms with Gasteiger partial charge in [-0.15, -0.1) is 0 Å². The summed E-state index contributed by atoms with van der Waals surface area (Å²) in [6.45, 7) is 1.41. The van der Waals surface area contributed by atoms with Crippen molar-refractivity contribution in [1.82, 2.24) is 9.78 Å². The molecular weight excluding hydrogens is 306 g/mol. The molecular formula is C18H15N3O3. The van der Waals surface area contributed by atoms with Gasteiger partial charge in [-0.2, -0.15) is 5.10 Å². The fourth-order valence-electron chi connectivity index (χ4n) is 2.16. The third-order valence-electron chi connectivity index (χ3n) is 3.20. The summed E-state index contributed by atoms with van der Waals surface area (Å²) in [7, 11) is 0. The van der Waals surface area contributed by atoms with Gasteiger partial charge in [0.15, 0.2) is 0 Å². The molecule has 0 saturated carbocycles. The molecule has 0 aliphatic carbocycles. The summed E-state index contributed by atoms with van der Waals surface area (Å²) in [5.41, 5.74) is 1.75. The summed E-state index contributed by atoms with van der Waals surface area (Å²) in [5.74, 6) is -0.363. The number of hydrogen-bond donors (Lipinski definition) is 1. The molecule has 1 amide bonds. The van der Waals surface area contributed by atoms with Crippen LogP contribution in [0.25, 0.3) is 5.69 Å². The van der Waals surface area contributed by atoms with Gasteiger partial charge < -0.3 is 10.1 Å². The molecule has 1 N–H and O–H groups in total. The Morgan fingerprint density at radius 1 is 1.08 bits per heavy atom. The minimum absolute atomic E-state index is 0.192. The van der Waals surface area contributed by atoms with Crippen LogP contribution >= 0.6 is 0 Å². The van der Waals surface area contributed by atoms with Gasteiger partial charge in [0, 0.05) is 24.9 Å². The van der Waals surface area contributed by atoms with Crippen molar-refractivity contribution in [2.75, 3.05) is 5.32 Å². The smallest absolute Gasteiger partial charge is 0.346 e. The van der Waals surface area contributed by atoms with Crippen LogP contribution < -0.4 is 10.1 Å². The maximum absolute atomic E-state index is 12.2. The second-order valence-electron chi connectivity index (χ2n) is 5.11. The maximum atomic E-state index is 12.2. The average molecular weight is 321 g/mol. The Morgan fingerprint density at radius 2 is 1.88 bits per heavy atom. The zero-order valence-corrected chi connectivity index (χ0v) is 13.0.